The SMILES string of the molecule is CO[C@]1(C)O[C@H](O[C@H]2[C@H](C)[C@@H](O[C@@H]3O[C@H](C)C[C@@H](N4CCN(C)CC4)[C@@H]3N(C)C)[C@@](C)(OC)C[C@@H](C)C(=O)[C@H](C)[C@H]3NC(=O)O[C@@]34C(C)[C@H]4OC(=O)[C@@H]2C)O[C@@H](C)[C@@H]1OC(C)=O. The second-order valence-corrected chi connectivity index (χ2v) is 19.5. The molecule has 1 spiro atoms. The van der Waals surface area contributed by atoms with Gasteiger partial charge in [0.2, 0.25) is 5.79 Å². The summed E-state index contributed by atoms with van der Waals surface area (Å²) in [6, 6.07) is -0.849. The van der Waals surface area contributed by atoms with Crippen molar-refractivity contribution in [3.63, 3.8) is 0 Å². The van der Waals surface area contributed by atoms with Gasteiger partial charge in [-0.2, -0.15) is 0 Å². The van der Waals surface area contributed by atoms with Gasteiger partial charge in [-0.15, -0.1) is 0 Å². The van der Waals surface area contributed by atoms with Crippen molar-refractivity contribution in [2.75, 3.05) is 61.5 Å². The minimum Gasteiger partial charge on any atom is -0.457 e. The van der Waals surface area contributed by atoms with E-state index in [9.17, 15) is 19.2 Å². The summed E-state index contributed by atoms with van der Waals surface area (Å²) in [5.74, 6) is -6.16. The van der Waals surface area contributed by atoms with Crippen molar-refractivity contribution < 1.29 is 66.5 Å². The fourth-order valence-corrected chi connectivity index (χ4v) is 11.1. The predicted octanol–water partition coefficient (Wildman–Crippen LogP) is 2.78. The number of methoxy groups -OCH3 is 2. The van der Waals surface area contributed by atoms with E-state index in [0.29, 0.717) is 0 Å². The molecule has 19 atom stereocenters. The number of ether oxygens (including phenoxy) is 10. The van der Waals surface area contributed by atoms with E-state index in [1.54, 1.807) is 34.8 Å². The Morgan fingerprint density at radius 1 is 0.887 bits per heavy atom. The standard InChI is InChI=1S/C44H74N4O14/c1-22-21-42(9,53-14)35(60-39-31(46(11)12)30(20-23(2)55-39)48-18-16-47(13)17-19-48)25(4)33(58-41-56-28(7)37(57-29(8)49)43(10,54-15)62-41)26(5)38(51)59-36-27(6)44(36)34(24(3)32(22)50)45-40(52)61-44/h22-28,30-31,33-37,39,41H,16-21H2,1-15H3,(H,45,52)/t22-,23-,24+,25+,26-,27?,28+,30-,31+,33+,34-,35-,36-,37+,39+,41+,42+,43-,44+/m1/s1. The molecule has 1 unspecified atom stereocenters. The zero-order valence-corrected chi connectivity index (χ0v) is 39.5. The Hall–Kier alpha value is -2.52. The van der Waals surface area contributed by atoms with E-state index in [4.69, 9.17) is 47.4 Å². The Kier molecular flexibility index (Phi) is 14.8. The van der Waals surface area contributed by atoms with Crippen molar-refractivity contribution in [1.29, 1.82) is 0 Å². The van der Waals surface area contributed by atoms with Gasteiger partial charge < -0.3 is 57.7 Å². The van der Waals surface area contributed by atoms with E-state index < -0.39 is 114 Å². The van der Waals surface area contributed by atoms with Crippen LogP contribution in [0.25, 0.3) is 0 Å². The van der Waals surface area contributed by atoms with Gasteiger partial charge in [-0.05, 0) is 68.6 Å². The van der Waals surface area contributed by atoms with Gasteiger partial charge in [0.05, 0.1) is 41.9 Å². The smallest absolute Gasteiger partial charge is 0.408 e. The Morgan fingerprint density at radius 3 is 2.15 bits per heavy atom. The van der Waals surface area contributed by atoms with E-state index in [1.165, 1.54) is 14.0 Å². The first-order chi connectivity index (χ1) is 29.0. The molecule has 0 bridgehead atoms. The molecule has 0 aromatic heterocycles. The molecule has 6 aliphatic rings. The van der Waals surface area contributed by atoms with Crippen LogP contribution in [0.1, 0.15) is 82.1 Å². The number of likely N-dealkylation sites (N-methyl/N-ethyl adjacent to an activating group) is 2. The quantitative estimate of drug-likeness (QED) is 0.263. The molecular weight excluding hydrogens is 808 g/mol. The molecule has 1 N–H and O–H groups in total. The lowest BCUT2D eigenvalue weighted by Crippen LogP contribution is -2.65. The molecule has 0 aromatic carbocycles. The number of nitrogens with zero attached hydrogens (tertiary/aromatic N) is 3. The number of carbonyl (C=O) groups is 4. The topological polar surface area (TPSA) is 182 Å². The molecule has 0 radical (unpaired) electrons. The third-order valence-corrected chi connectivity index (χ3v) is 14.9. The molecule has 5 aliphatic heterocycles. The lowest BCUT2D eigenvalue weighted by Gasteiger charge is -2.52. The molecule has 354 valence electrons. The molecule has 18 heteroatoms. The summed E-state index contributed by atoms with van der Waals surface area (Å²) in [5.41, 5.74) is -2.42. The number of esters is 2. The van der Waals surface area contributed by atoms with Gasteiger partial charge in [0.15, 0.2) is 24.1 Å². The summed E-state index contributed by atoms with van der Waals surface area (Å²) in [4.78, 5) is 61.2. The van der Waals surface area contributed by atoms with Crippen molar-refractivity contribution >= 4 is 23.8 Å². The van der Waals surface area contributed by atoms with Crippen LogP contribution >= 0.6 is 0 Å². The molecule has 1 saturated carbocycles. The number of rotatable bonds is 9. The number of hydrogen-bond donors (Lipinski definition) is 1. The van der Waals surface area contributed by atoms with Crippen molar-refractivity contribution in [1.82, 2.24) is 20.0 Å². The third-order valence-electron chi connectivity index (χ3n) is 14.9. The third kappa shape index (κ3) is 9.29. The lowest BCUT2D eigenvalue weighted by atomic mass is 9.75. The summed E-state index contributed by atoms with van der Waals surface area (Å²) in [7, 11) is 9.21. The first kappa shape index (κ1) is 48.9. The number of carbonyl (C=O) groups excluding carboxylic acids is 4. The molecule has 62 heavy (non-hydrogen) atoms. The fourth-order valence-electron chi connectivity index (χ4n) is 11.1. The highest BCUT2D eigenvalue weighted by molar-refractivity contribution is 5.86. The largest absolute Gasteiger partial charge is 0.457 e. The average molecular weight is 883 g/mol. The van der Waals surface area contributed by atoms with Crippen LogP contribution in [-0.4, -0.2) is 185 Å². The first-order valence-corrected chi connectivity index (χ1v) is 22.4. The van der Waals surface area contributed by atoms with Crippen LogP contribution < -0.4 is 5.32 Å². The van der Waals surface area contributed by atoms with Gasteiger partial charge in [-0.25, -0.2) is 4.79 Å². The monoisotopic (exact) mass is 883 g/mol. The second kappa shape index (κ2) is 18.8. The molecule has 18 nitrogen and oxygen atoms in total. The summed E-state index contributed by atoms with van der Waals surface area (Å²) >= 11 is 0. The predicted molar refractivity (Wildman–Crippen MR) is 222 cm³/mol. The molecule has 6 rings (SSSR count). The highest BCUT2D eigenvalue weighted by Gasteiger charge is 2.77. The minimum absolute atomic E-state index is 0.101. The Labute approximate surface area is 367 Å². The maximum atomic E-state index is 14.6. The molecule has 5 saturated heterocycles. The number of Topliss-reactive ketones (excluding diaryl/α,β-unsaturated/α-hetero) is 1. The van der Waals surface area contributed by atoms with Gasteiger partial charge >= 0.3 is 18.0 Å². The van der Waals surface area contributed by atoms with Crippen LogP contribution in [0.3, 0.4) is 0 Å². The minimum atomic E-state index is -1.50. The zero-order valence-electron chi connectivity index (χ0n) is 39.5. The molecule has 0 aromatic rings. The zero-order chi connectivity index (χ0) is 45.8. The fraction of sp³-hybridized carbons (Fsp3) is 0.909. The van der Waals surface area contributed by atoms with E-state index in [2.05, 4.69) is 34.0 Å². The van der Waals surface area contributed by atoms with Gasteiger partial charge in [0.25, 0.3) is 6.48 Å². The van der Waals surface area contributed by atoms with Crippen molar-refractivity contribution in [3.05, 3.63) is 0 Å². The number of amides is 1. The van der Waals surface area contributed by atoms with Crippen LogP contribution in [0, 0.1) is 29.6 Å². The number of nitrogens with one attached hydrogen (secondary N) is 1. The van der Waals surface area contributed by atoms with Gasteiger partial charge in [-0.3, -0.25) is 24.0 Å². The Balaban J connectivity index is 1.43. The second-order valence-electron chi connectivity index (χ2n) is 19.5. The molecule has 6 fully saturated rings. The van der Waals surface area contributed by atoms with E-state index in [1.807, 2.05) is 41.8 Å². The van der Waals surface area contributed by atoms with Crippen LogP contribution in [0.4, 0.5) is 4.79 Å². The van der Waals surface area contributed by atoms with Crippen LogP contribution in [-0.2, 0) is 61.8 Å². The maximum absolute atomic E-state index is 14.6. The van der Waals surface area contributed by atoms with Gasteiger partial charge in [0.1, 0.15) is 11.9 Å². The molecule has 1 aliphatic carbocycles. The number of ketones is 1. The van der Waals surface area contributed by atoms with Gasteiger partial charge in [0, 0.05) is 77.0 Å². The lowest BCUT2D eigenvalue weighted by molar-refractivity contribution is -0.453. The van der Waals surface area contributed by atoms with Gasteiger partial charge in [-0.1, -0.05) is 27.7 Å². The average Bonchev–Trinajstić information content (AvgIpc) is 3.56. The summed E-state index contributed by atoms with van der Waals surface area (Å²) in [6.45, 7) is 20.0. The van der Waals surface area contributed by atoms with E-state index >= 15 is 0 Å². The van der Waals surface area contributed by atoms with E-state index in [0.717, 1.165) is 32.6 Å². The van der Waals surface area contributed by atoms with Crippen LogP contribution in [0.15, 0.2) is 0 Å². The maximum Gasteiger partial charge on any atom is 0.408 e. The molecule has 1 amide bonds. The highest BCUT2D eigenvalue weighted by Crippen LogP contribution is 2.56. The first-order valence-electron chi connectivity index (χ1n) is 22.4. The summed E-state index contributed by atoms with van der Waals surface area (Å²) in [6.07, 6.45) is -5.07. The molecule has 5 heterocycles. The van der Waals surface area contributed by atoms with Crippen molar-refractivity contribution in [2.45, 2.75) is 167 Å². The van der Waals surface area contributed by atoms with E-state index in [-0.39, 0.29) is 30.4 Å². The summed E-state index contributed by atoms with van der Waals surface area (Å²) in [5, 5.41) is 2.87. The molecular formula is C44H74N4O14. The Morgan fingerprint density at radius 2 is 1.55 bits per heavy atom. The number of alkyl carbamates (subject to hydrolysis) is 1. The van der Waals surface area contributed by atoms with Crippen LogP contribution in [0.2, 0.25) is 0 Å². The normalized spacial score (nSPS) is 47.4. The van der Waals surface area contributed by atoms with Crippen LogP contribution in [0.5, 0.6) is 0 Å². The van der Waals surface area contributed by atoms with Crippen molar-refractivity contribution in [3.8, 4) is 0 Å². The number of piperazine rings is 1. The van der Waals surface area contributed by atoms with Crippen molar-refractivity contribution in [2.24, 2.45) is 29.6 Å². The Bertz CT molecular complexity index is 1630. The highest BCUT2D eigenvalue weighted by atomic mass is 16.9. The number of hydrogen-bond acceptors (Lipinski definition) is 17. The summed E-state index contributed by atoms with van der Waals surface area (Å²) < 4.78 is 63.5.